The molecule has 3 heteroatoms. The van der Waals surface area contributed by atoms with Crippen LogP contribution < -0.4 is 0 Å². The zero-order valence-corrected chi connectivity index (χ0v) is 16.1. The third-order valence-corrected chi connectivity index (χ3v) is 8.29. The van der Waals surface area contributed by atoms with Crippen molar-refractivity contribution in [2.24, 2.45) is 35.0 Å². The van der Waals surface area contributed by atoms with Crippen molar-refractivity contribution in [1.29, 1.82) is 0 Å². The van der Waals surface area contributed by atoms with Gasteiger partial charge in [-0.05, 0) is 50.4 Å². The van der Waals surface area contributed by atoms with E-state index in [4.69, 9.17) is 9.47 Å². The molecule has 1 heterocycles. The van der Waals surface area contributed by atoms with Gasteiger partial charge < -0.3 is 9.47 Å². The molecule has 1 spiro atoms. The van der Waals surface area contributed by atoms with Crippen LogP contribution in [0, 0.1) is 35.0 Å². The molecule has 1 saturated heterocycles. The van der Waals surface area contributed by atoms with E-state index in [0.29, 0.717) is 23.7 Å². The van der Waals surface area contributed by atoms with E-state index in [1.807, 2.05) is 0 Å². The first kappa shape index (κ1) is 16.9. The van der Waals surface area contributed by atoms with Gasteiger partial charge >= 0.3 is 5.97 Å². The first-order chi connectivity index (χ1) is 11.2. The van der Waals surface area contributed by atoms with Gasteiger partial charge in [-0.3, -0.25) is 4.79 Å². The molecule has 4 aliphatic rings. The average molecular weight is 335 g/mol. The molecule has 4 fully saturated rings. The van der Waals surface area contributed by atoms with Crippen LogP contribution in [0.5, 0.6) is 0 Å². The van der Waals surface area contributed by atoms with Gasteiger partial charge in [0.2, 0.25) is 5.79 Å². The van der Waals surface area contributed by atoms with Crippen molar-refractivity contribution in [2.75, 3.05) is 0 Å². The van der Waals surface area contributed by atoms with Crippen LogP contribution in [0.25, 0.3) is 0 Å². The summed E-state index contributed by atoms with van der Waals surface area (Å²) in [6, 6.07) is 0. The van der Waals surface area contributed by atoms with Crippen LogP contribution in [0.4, 0.5) is 0 Å². The van der Waals surface area contributed by atoms with Crippen molar-refractivity contribution in [3.63, 3.8) is 0 Å². The van der Waals surface area contributed by atoms with Gasteiger partial charge in [0.25, 0.3) is 0 Å². The second-order valence-corrected chi connectivity index (χ2v) is 9.93. The van der Waals surface area contributed by atoms with E-state index >= 15 is 0 Å². The Balaban J connectivity index is 1.72. The predicted octanol–water partition coefficient (Wildman–Crippen LogP) is 4.93. The highest BCUT2D eigenvalue weighted by Crippen LogP contribution is 2.70. The van der Waals surface area contributed by atoms with Gasteiger partial charge in [0.05, 0.1) is 11.5 Å². The number of hydrogen-bond acceptors (Lipinski definition) is 3. The minimum atomic E-state index is -0.681. The first-order valence-electron chi connectivity index (χ1n) is 10.2. The number of ether oxygens (including phenoxy) is 2. The van der Waals surface area contributed by atoms with E-state index in [-0.39, 0.29) is 22.9 Å². The molecule has 0 N–H and O–H groups in total. The third-order valence-electron chi connectivity index (χ3n) is 8.29. The molecular weight excluding hydrogens is 300 g/mol. The van der Waals surface area contributed by atoms with Gasteiger partial charge in [0.1, 0.15) is 0 Å². The largest absolute Gasteiger partial charge is 0.432 e. The lowest BCUT2D eigenvalue weighted by atomic mass is 9.40. The Kier molecular flexibility index (Phi) is 3.67. The smallest absolute Gasteiger partial charge is 0.314 e. The minimum Gasteiger partial charge on any atom is -0.432 e. The van der Waals surface area contributed by atoms with Gasteiger partial charge in [-0.1, -0.05) is 40.5 Å². The van der Waals surface area contributed by atoms with E-state index in [9.17, 15) is 4.79 Å². The summed E-state index contributed by atoms with van der Waals surface area (Å²) in [5, 5.41) is 0. The summed E-state index contributed by atoms with van der Waals surface area (Å²) in [4.78, 5) is 13.1. The second-order valence-electron chi connectivity index (χ2n) is 9.93. The Hall–Kier alpha value is -0.570. The number of hydrogen-bond donors (Lipinski definition) is 0. The number of carbonyl (C=O) groups is 1. The zero-order chi connectivity index (χ0) is 17.3. The molecule has 7 atom stereocenters. The maximum absolute atomic E-state index is 13.1. The van der Waals surface area contributed by atoms with E-state index in [1.54, 1.807) is 0 Å². The Morgan fingerprint density at radius 2 is 1.88 bits per heavy atom. The molecule has 0 aromatic heterocycles. The summed E-state index contributed by atoms with van der Waals surface area (Å²) in [7, 11) is 0. The predicted molar refractivity (Wildman–Crippen MR) is 93.2 cm³/mol. The minimum absolute atomic E-state index is 0.0351. The lowest BCUT2D eigenvalue weighted by molar-refractivity contribution is -0.419. The van der Waals surface area contributed by atoms with Gasteiger partial charge in [-0.15, -0.1) is 0 Å². The normalized spacial score (nSPS) is 54.0. The van der Waals surface area contributed by atoms with Gasteiger partial charge in [-0.2, -0.15) is 0 Å². The lowest BCUT2D eigenvalue weighted by Crippen LogP contribution is -2.78. The van der Waals surface area contributed by atoms with Crippen molar-refractivity contribution >= 4 is 5.97 Å². The van der Waals surface area contributed by atoms with Gasteiger partial charge in [0, 0.05) is 17.8 Å². The Morgan fingerprint density at radius 3 is 2.58 bits per heavy atom. The maximum atomic E-state index is 13.1. The van der Waals surface area contributed by atoms with Crippen LogP contribution >= 0.6 is 0 Å². The Morgan fingerprint density at radius 1 is 1.12 bits per heavy atom. The van der Waals surface area contributed by atoms with E-state index in [2.05, 4.69) is 34.6 Å². The van der Waals surface area contributed by atoms with Crippen LogP contribution in [0.2, 0.25) is 0 Å². The summed E-state index contributed by atoms with van der Waals surface area (Å²) >= 11 is 0. The number of rotatable bonds is 1. The van der Waals surface area contributed by atoms with Gasteiger partial charge in [0.15, 0.2) is 0 Å². The Labute approximate surface area is 146 Å². The fourth-order valence-corrected chi connectivity index (χ4v) is 6.84. The molecule has 0 aromatic carbocycles. The molecule has 0 aromatic rings. The van der Waals surface area contributed by atoms with Crippen molar-refractivity contribution in [2.45, 2.75) is 91.0 Å². The molecule has 4 rings (SSSR count). The highest BCUT2D eigenvalue weighted by molar-refractivity contribution is 5.78. The third kappa shape index (κ3) is 1.97. The SMILES string of the molecule is CC1CCC(C(C)C)C2(C1)OC(=O)C1C3CCCCC3(C)C1(C)O2. The molecule has 7 unspecified atom stereocenters. The summed E-state index contributed by atoms with van der Waals surface area (Å²) in [6.45, 7) is 11.4. The fourth-order valence-electron chi connectivity index (χ4n) is 6.84. The van der Waals surface area contributed by atoms with Crippen LogP contribution in [-0.2, 0) is 14.3 Å². The molecule has 1 aliphatic heterocycles. The first-order valence-corrected chi connectivity index (χ1v) is 10.2. The monoisotopic (exact) mass is 334 g/mol. The van der Waals surface area contributed by atoms with Crippen LogP contribution in [-0.4, -0.2) is 17.4 Å². The summed E-state index contributed by atoms with van der Waals surface area (Å²) in [6.07, 6.45) is 8.05. The standard InChI is InChI=1S/C21H34O3/c1-13(2)15-10-9-14(3)12-21(15)23-18(22)17-16-8-6-7-11-19(16,4)20(17,5)24-21/h13-17H,6-12H2,1-5H3. The second kappa shape index (κ2) is 5.22. The topological polar surface area (TPSA) is 35.5 Å². The molecule has 0 bridgehead atoms. The highest BCUT2D eigenvalue weighted by Gasteiger charge is 2.76. The Bertz CT molecular complexity index is 543. The highest BCUT2D eigenvalue weighted by atomic mass is 16.7. The molecule has 0 amide bonds. The lowest BCUT2D eigenvalue weighted by Gasteiger charge is -2.72. The molecule has 3 nitrogen and oxygen atoms in total. The maximum Gasteiger partial charge on any atom is 0.314 e. The molecule has 0 radical (unpaired) electrons. The molecule has 3 aliphatic carbocycles. The summed E-state index contributed by atoms with van der Waals surface area (Å²) in [5.74, 6) is 1.12. The molecule has 24 heavy (non-hydrogen) atoms. The van der Waals surface area contributed by atoms with Crippen LogP contribution in [0.3, 0.4) is 0 Å². The molecule has 136 valence electrons. The number of carbonyl (C=O) groups excluding carboxylic acids is 1. The quantitative estimate of drug-likeness (QED) is 0.638. The van der Waals surface area contributed by atoms with E-state index in [1.165, 1.54) is 25.7 Å². The van der Waals surface area contributed by atoms with Crippen molar-refractivity contribution < 1.29 is 14.3 Å². The van der Waals surface area contributed by atoms with Crippen molar-refractivity contribution in [3.05, 3.63) is 0 Å². The van der Waals surface area contributed by atoms with Gasteiger partial charge in [-0.25, -0.2) is 0 Å². The van der Waals surface area contributed by atoms with Crippen molar-refractivity contribution in [1.82, 2.24) is 0 Å². The van der Waals surface area contributed by atoms with E-state index in [0.717, 1.165) is 19.3 Å². The number of esters is 1. The average Bonchev–Trinajstić information content (AvgIpc) is 2.47. The molecular formula is C21H34O3. The van der Waals surface area contributed by atoms with Crippen LogP contribution in [0.15, 0.2) is 0 Å². The summed E-state index contributed by atoms with van der Waals surface area (Å²) < 4.78 is 13.1. The number of fused-ring (bicyclic) bond motifs is 4. The van der Waals surface area contributed by atoms with E-state index < -0.39 is 5.79 Å². The van der Waals surface area contributed by atoms with Crippen LogP contribution in [0.1, 0.15) is 79.6 Å². The summed E-state index contributed by atoms with van der Waals surface area (Å²) in [5.41, 5.74) is -0.192. The molecule has 3 saturated carbocycles. The zero-order valence-electron chi connectivity index (χ0n) is 16.1. The van der Waals surface area contributed by atoms with Crippen molar-refractivity contribution in [3.8, 4) is 0 Å². The fraction of sp³-hybridized carbons (Fsp3) is 0.952.